The monoisotopic (exact) mass is 376 g/mol. The van der Waals surface area contributed by atoms with Crippen molar-refractivity contribution in [3.63, 3.8) is 0 Å². The van der Waals surface area contributed by atoms with Crippen LogP contribution in [0, 0.1) is 0 Å². The van der Waals surface area contributed by atoms with Gasteiger partial charge in [-0.2, -0.15) is 0 Å². The lowest BCUT2D eigenvalue weighted by molar-refractivity contribution is 0.318. The SMILES string of the molecule is C=C(CCl)c1cc(Br)ccc1N(Cl)C[C@@H]1CCCN1C. The zero-order valence-electron chi connectivity index (χ0n) is 11.6. The van der Waals surface area contributed by atoms with Gasteiger partial charge in [0.1, 0.15) is 0 Å². The van der Waals surface area contributed by atoms with Gasteiger partial charge in [-0.3, -0.25) is 4.42 Å². The van der Waals surface area contributed by atoms with Crippen LogP contribution in [0.5, 0.6) is 0 Å². The molecular weight excluding hydrogens is 359 g/mol. The molecule has 0 aliphatic carbocycles. The summed E-state index contributed by atoms with van der Waals surface area (Å²) >= 11 is 15.9. The van der Waals surface area contributed by atoms with E-state index < -0.39 is 0 Å². The summed E-state index contributed by atoms with van der Waals surface area (Å²) < 4.78 is 2.80. The number of allylic oxidation sites excluding steroid dienone is 1. The third-order valence-corrected chi connectivity index (χ3v) is 4.94. The molecule has 1 saturated heterocycles. The summed E-state index contributed by atoms with van der Waals surface area (Å²) in [6, 6.07) is 6.54. The van der Waals surface area contributed by atoms with E-state index in [1.807, 2.05) is 18.2 Å². The van der Waals surface area contributed by atoms with Gasteiger partial charge < -0.3 is 4.90 Å². The zero-order chi connectivity index (χ0) is 14.7. The highest BCUT2D eigenvalue weighted by molar-refractivity contribution is 9.10. The van der Waals surface area contributed by atoms with E-state index in [0.29, 0.717) is 11.9 Å². The van der Waals surface area contributed by atoms with E-state index in [2.05, 4.69) is 34.5 Å². The number of likely N-dealkylation sites (N-methyl/N-ethyl adjacent to an activating group) is 1. The Hall–Kier alpha value is -0.220. The highest BCUT2D eigenvalue weighted by atomic mass is 79.9. The van der Waals surface area contributed by atoms with Gasteiger partial charge in [-0.05, 0) is 50.2 Å². The number of halogens is 3. The first kappa shape index (κ1) is 16.2. The summed E-state index contributed by atoms with van der Waals surface area (Å²) in [6.45, 7) is 5.98. The van der Waals surface area contributed by atoms with Crippen molar-refractivity contribution in [1.82, 2.24) is 4.90 Å². The van der Waals surface area contributed by atoms with Crippen LogP contribution in [-0.4, -0.2) is 37.0 Å². The third-order valence-electron chi connectivity index (χ3n) is 3.80. The van der Waals surface area contributed by atoms with Gasteiger partial charge in [0, 0.05) is 33.7 Å². The Labute approximate surface area is 139 Å². The van der Waals surface area contributed by atoms with Crippen LogP contribution in [0.15, 0.2) is 29.3 Å². The molecule has 20 heavy (non-hydrogen) atoms. The third kappa shape index (κ3) is 3.70. The number of nitrogens with zero attached hydrogens (tertiary/aromatic N) is 2. The topological polar surface area (TPSA) is 6.48 Å². The van der Waals surface area contributed by atoms with E-state index in [0.717, 1.165) is 34.4 Å². The summed E-state index contributed by atoms with van der Waals surface area (Å²) in [5, 5.41) is 0. The van der Waals surface area contributed by atoms with Gasteiger partial charge in [0.25, 0.3) is 0 Å². The van der Waals surface area contributed by atoms with Gasteiger partial charge in [-0.25, -0.2) is 0 Å². The minimum Gasteiger partial charge on any atom is -0.302 e. The van der Waals surface area contributed by atoms with E-state index in [1.165, 1.54) is 12.8 Å². The largest absolute Gasteiger partial charge is 0.302 e. The first-order chi connectivity index (χ1) is 9.52. The minimum absolute atomic E-state index is 0.400. The number of hydrogen-bond donors (Lipinski definition) is 0. The summed E-state index contributed by atoms with van der Waals surface area (Å²) in [5.41, 5.74) is 2.86. The van der Waals surface area contributed by atoms with E-state index in [1.54, 1.807) is 4.42 Å². The molecule has 0 aromatic heterocycles. The van der Waals surface area contributed by atoms with Gasteiger partial charge in [-0.15, -0.1) is 11.6 Å². The zero-order valence-corrected chi connectivity index (χ0v) is 14.7. The Bertz CT molecular complexity index is 493. The van der Waals surface area contributed by atoms with Crippen molar-refractivity contribution in [1.29, 1.82) is 0 Å². The molecule has 0 amide bonds. The highest BCUT2D eigenvalue weighted by Crippen LogP contribution is 2.32. The predicted molar refractivity (Wildman–Crippen MR) is 92.7 cm³/mol. The van der Waals surface area contributed by atoms with Crippen LogP contribution in [0.2, 0.25) is 0 Å². The summed E-state index contributed by atoms with van der Waals surface area (Å²) in [4.78, 5) is 2.37. The second kappa shape index (κ2) is 7.17. The van der Waals surface area contributed by atoms with Crippen molar-refractivity contribution >= 4 is 50.6 Å². The van der Waals surface area contributed by atoms with Crippen LogP contribution >= 0.6 is 39.3 Å². The fourth-order valence-electron chi connectivity index (χ4n) is 2.57. The molecule has 0 N–H and O–H groups in total. The van der Waals surface area contributed by atoms with Crippen LogP contribution in [0.3, 0.4) is 0 Å². The molecule has 0 saturated carbocycles. The Balaban J connectivity index is 2.20. The lowest BCUT2D eigenvalue weighted by Crippen LogP contribution is -2.34. The highest BCUT2D eigenvalue weighted by Gasteiger charge is 2.24. The average Bonchev–Trinajstić information content (AvgIpc) is 2.83. The Morgan fingerprint density at radius 2 is 2.30 bits per heavy atom. The molecule has 0 bridgehead atoms. The maximum absolute atomic E-state index is 6.52. The molecule has 2 nitrogen and oxygen atoms in total. The molecule has 1 aromatic rings. The second-order valence-electron chi connectivity index (χ2n) is 5.22. The van der Waals surface area contributed by atoms with Crippen LogP contribution in [0.25, 0.3) is 5.57 Å². The number of likely N-dealkylation sites (tertiary alicyclic amines) is 1. The Kier molecular flexibility index (Phi) is 5.79. The number of alkyl halides is 1. The maximum atomic E-state index is 6.52. The lowest BCUT2D eigenvalue weighted by Gasteiger charge is -2.26. The number of anilines is 1. The molecule has 5 heteroatoms. The molecule has 1 fully saturated rings. The van der Waals surface area contributed by atoms with E-state index >= 15 is 0 Å². The van der Waals surface area contributed by atoms with Crippen molar-refractivity contribution in [3.05, 3.63) is 34.8 Å². The summed E-state index contributed by atoms with van der Waals surface area (Å²) in [7, 11) is 2.16. The summed E-state index contributed by atoms with van der Waals surface area (Å²) in [5.74, 6) is 0.400. The second-order valence-corrected chi connectivity index (χ2v) is 6.81. The van der Waals surface area contributed by atoms with Crippen molar-refractivity contribution in [2.24, 2.45) is 0 Å². The maximum Gasteiger partial charge on any atom is 0.0599 e. The van der Waals surface area contributed by atoms with Gasteiger partial charge in [0.15, 0.2) is 0 Å². The van der Waals surface area contributed by atoms with Gasteiger partial charge in [-0.1, -0.05) is 22.5 Å². The molecule has 1 heterocycles. The Morgan fingerprint density at radius 1 is 1.55 bits per heavy atom. The fourth-order valence-corrected chi connectivity index (χ4v) is 3.38. The molecule has 2 rings (SSSR count). The average molecular weight is 378 g/mol. The normalized spacial score (nSPS) is 19.3. The van der Waals surface area contributed by atoms with Crippen molar-refractivity contribution in [2.75, 3.05) is 30.4 Å². The van der Waals surface area contributed by atoms with Gasteiger partial charge in [0.05, 0.1) is 12.2 Å². The van der Waals surface area contributed by atoms with E-state index in [4.69, 9.17) is 23.4 Å². The van der Waals surface area contributed by atoms with Crippen LogP contribution in [0.4, 0.5) is 5.69 Å². The first-order valence-electron chi connectivity index (χ1n) is 6.70. The summed E-state index contributed by atoms with van der Waals surface area (Å²) in [6.07, 6.45) is 2.44. The number of rotatable bonds is 5. The first-order valence-corrected chi connectivity index (χ1v) is 8.36. The van der Waals surface area contributed by atoms with Crippen LogP contribution < -0.4 is 4.42 Å². The molecule has 1 aromatic carbocycles. The molecule has 0 unspecified atom stereocenters. The van der Waals surface area contributed by atoms with Crippen molar-refractivity contribution in [2.45, 2.75) is 18.9 Å². The number of hydrogen-bond acceptors (Lipinski definition) is 2. The minimum atomic E-state index is 0.400. The lowest BCUT2D eigenvalue weighted by atomic mass is 10.1. The molecule has 0 spiro atoms. The molecular formula is C15H19BrCl2N2. The quantitative estimate of drug-likeness (QED) is 0.539. The molecule has 1 atom stereocenters. The fraction of sp³-hybridized carbons (Fsp3) is 0.467. The van der Waals surface area contributed by atoms with Gasteiger partial charge in [0.2, 0.25) is 0 Å². The van der Waals surface area contributed by atoms with E-state index in [9.17, 15) is 0 Å². The van der Waals surface area contributed by atoms with Crippen molar-refractivity contribution < 1.29 is 0 Å². The van der Waals surface area contributed by atoms with Crippen LogP contribution in [0.1, 0.15) is 18.4 Å². The molecule has 110 valence electrons. The molecule has 1 aliphatic rings. The van der Waals surface area contributed by atoms with E-state index in [-0.39, 0.29) is 0 Å². The number of benzene rings is 1. The predicted octanol–water partition coefficient (Wildman–Crippen LogP) is 4.76. The smallest absolute Gasteiger partial charge is 0.0599 e. The molecule has 0 radical (unpaired) electrons. The van der Waals surface area contributed by atoms with Crippen LogP contribution in [-0.2, 0) is 0 Å². The molecule has 1 aliphatic heterocycles. The van der Waals surface area contributed by atoms with Gasteiger partial charge >= 0.3 is 0 Å². The standard InChI is InChI=1S/C15H19BrCl2N2/c1-11(9-17)14-8-12(16)5-6-15(14)20(18)10-13-4-3-7-19(13)2/h5-6,8,13H,1,3-4,7,9-10H2,2H3/t13-/m0/s1. The van der Waals surface area contributed by atoms with Crippen molar-refractivity contribution in [3.8, 4) is 0 Å². The Morgan fingerprint density at radius 3 is 2.90 bits per heavy atom.